The normalized spacial score (nSPS) is 11.8. The third kappa shape index (κ3) is 4.18. The zero-order chi connectivity index (χ0) is 29.6. The van der Waals surface area contributed by atoms with Crippen molar-refractivity contribution < 1.29 is 9.59 Å². The lowest BCUT2D eigenvalue weighted by molar-refractivity contribution is 0.0979. The molecule has 0 bridgehead atoms. The summed E-state index contributed by atoms with van der Waals surface area (Å²) in [4.78, 5) is 29.2. The fraction of sp³-hybridized carbons (Fsp3) is 0. The lowest BCUT2D eigenvalue weighted by Crippen LogP contribution is -2.24. The van der Waals surface area contributed by atoms with Crippen molar-refractivity contribution in [1.29, 1.82) is 0 Å². The predicted molar refractivity (Wildman–Crippen MR) is 177 cm³/mol. The van der Waals surface area contributed by atoms with Gasteiger partial charge in [0.1, 0.15) is 0 Å². The molecule has 1 aliphatic carbocycles. The number of benzene rings is 7. The van der Waals surface area contributed by atoms with E-state index in [1.807, 2.05) is 121 Å². The number of carbonyl (C=O) groups excluding carboxylic acids is 2. The second kappa shape index (κ2) is 10.2. The molecule has 0 N–H and O–H groups in total. The molecular formula is C42H22O2. The van der Waals surface area contributed by atoms with Gasteiger partial charge in [0.05, 0.1) is 11.1 Å². The molecule has 0 radical (unpaired) electrons. The van der Waals surface area contributed by atoms with E-state index >= 15 is 0 Å². The van der Waals surface area contributed by atoms with Gasteiger partial charge in [0.15, 0.2) is 11.6 Å². The van der Waals surface area contributed by atoms with Crippen LogP contribution in [0, 0.1) is 23.7 Å². The van der Waals surface area contributed by atoms with Gasteiger partial charge < -0.3 is 0 Å². The SMILES string of the molecule is O=C1c2cc3ccccc3cc2C(=O)c2c1c(C#Cc1ccccc1)c1cc3ccccc3cc1c2C#Cc1ccccc1. The molecule has 0 aliphatic heterocycles. The molecule has 0 saturated heterocycles. The fourth-order valence-electron chi connectivity index (χ4n) is 6.08. The summed E-state index contributed by atoms with van der Waals surface area (Å²) in [5.74, 6) is 12.8. The summed E-state index contributed by atoms with van der Waals surface area (Å²) in [6.45, 7) is 0. The molecule has 8 rings (SSSR count). The van der Waals surface area contributed by atoms with Crippen LogP contribution in [-0.4, -0.2) is 11.6 Å². The molecule has 44 heavy (non-hydrogen) atoms. The minimum atomic E-state index is -0.212. The van der Waals surface area contributed by atoms with E-state index in [0.717, 1.165) is 43.4 Å². The molecule has 0 unspecified atom stereocenters. The Bertz CT molecular complexity index is 2290. The second-order valence-electron chi connectivity index (χ2n) is 10.9. The first-order chi connectivity index (χ1) is 21.7. The molecule has 2 heteroatoms. The quantitative estimate of drug-likeness (QED) is 0.138. The number of hydrogen-bond acceptors (Lipinski definition) is 2. The largest absolute Gasteiger partial charge is 0.289 e. The Hall–Kier alpha value is -6.22. The minimum absolute atomic E-state index is 0.212. The molecular weight excluding hydrogens is 536 g/mol. The van der Waals surface area contributed by atoms with Crippen molar-refractivity contribution in [2.75, 3.05) is 0 Å². The molecule has 202 valence electrons. The average Bonchev–Trinajstić information content (AvgIpc) is 3.08. The molecule has 0 fully saturated rings. The van der Waals surface area contributed by atoms with E-state index in [0.29, 0.717) is 33.4 Å². The van der Waals surface area contributed by atoms with Gasteiger partial charge in [-0.25, -0.2) is 0 Å². The molecule has 0 spiro atoms. The summed E-state index contributed by atoms with van der Waals surface area (Å²) in [5, 5.41) is 5.45. The van der Waals surface area contributed by atoms with E-state index in [2.05, 4.69) is 35.8 Å². The third-order valence-electron chi connectivity index (χ3n) is 8.22. The van der Waals surface area contributed by atoms with E-state index in [1.54, 1.807) is 0 Å². The molecule has 0 saturated carbocycles. The summed E-state index contributed by atoms with van der Waals surface area (Å²) < 4.78 is 0. The molecule has 0 atom stereocenters. The van der Waals surface area contributed by atoms with Crippen LogP contribution >= 0.6 is 0 Å². The van der Waals surface area contributed by atoms with E-state index in [9.17, 15) is 9.59 Å². The highest BCUT2D eigenvalue weighted by Gasteiger charge is 2.35. The highest BCUT2D eigenvalue weighted by atomic mass is 16.1. The molecule has 2 nitrogen and oxygen atoms in total. The van der Waals surface area contributed by atoms with E-state index in [4.69, 9.17) is 0 Å². The van der Waals surface area contributed by atoms with Gasteiger partial charge in [-0.1, -0.05) is 109 Å². The van der Waals surface area contributed by atoms with Gasteiger partial charge in [0.25, 0.3) is 0 Å². The van der Waals surface area contributed by atoms with Crippen molar-refractivity contribution in [2.24, 2.45) is 0 Å². The lowest BCUT2D eigenvalue weighted by atomic mass is 9.76. The Morgan fingerprint density at radius 1 is 0.364 bits per heavy atom. The molecule has 0 aromatic heterocycles. The van der Waals surface area contributed by atoms with Gasteiger partial charge in [-0.15, -0.1) is 0 Å². The standard InChI is InChI=1S/C42H22O2/c43-41-37-25-31-17-9-10-18-32(31)26-38(37)42(44)40-34(22-20-28-13-5-2-6-14-28)36-24-30-16-8-7-15-29(30)23-35(36)33(39(40)41)21-19-27-11-3-1-4-12-27/h1-18,23-26H. The average molecular weight is 559 g/mol. The van der Waals surface area contributed by atoms with Gasteiger partial charge in [0.2, 0.25) is 0 Å². The maximum Gasteiger partial charge on any atom is 0.195 e. The third-order valence-corrected chi connectivity index (χ3v) is 8.22. The zero-order valence-corrected chi connectivity index (χ0v) is 23.5. The van der Waals surface area contributed by atoms with E-state index in [1.165, 1.54) is 0 Å². The van der Waals surface area contributed by atoms with Crippen molar-refractivity contribution in [3.8, 4) is 23.7 Å². The smallest absolute Gasteiger partial charge is 0.195 e. The topological polar surface area (TPSA) is 34.1 Å². The number of carbonyl (C=O) groups is 2. The maximum atomic E-state index is 14.6. The van der Waals surface area contributed by atoms with Crippen LogP contribution in [0.25, 0.3) is 32.3 Å². The second-order valence-corrected chi connectivity index (χ2v) is 10.9. The van der Waals surface area contributed by atoms with Crippen molar-refractivity contribution in [2.45, 2.75) is 0 Å². The summed E-state index contributed by atoms with van der Waals surface area (Å²) in [5.41, 5.74) is 4.17. The molecule has 0 heterocycles. The van der Waals surface area contributed by atoms with Crippen molar-refractivity contribution in [1.82, 2.24) is 0 Å². The van der Waals surface area contributed by atoms with Crippen molar-refractivity contribution in [3.63, 3.8) is 0 Å². The Kier molecular flexibility index (Phi) is 5.94. The van der Waals surface area contributed by atoms with Crippen LogP contribution in [0.15, 0.2) is 133 Å². The Labute approximate surface area is 254 Å². The summed E-state index contributed by atoms with van der Waals surface area (Å²) >= 11 is 0. The van der Waals surface area contributed by atoms with Crippen molar-refractivity contribution >= 4 is 43.9 Å². The highest BCUT2D eigenvalue weighted by Crippen LogP contribution is 2.40. The first-order valence-electron chi connectivity index (χ1n) is 14.4. The van der Waals surface area contributed by atoms with E-state index in [-0.39, 0.29) is 11.6 Å². The van der Waals surface area contributed by atoms with Crippen LogP contribution < -0.4 is 0 Å². The number of fused-ring (bicyclic) bond motifs is 5. The van der Waals surface area contributed by atoms with E-state index < -0.39 is 0 Å². The first kappa shape index (κ1) is 25.5. The highest BCUT2D eigenvalue weighted by molar-refractivity contribution is 6.33. The predicted octanol–water partition coefficient (Wildman–Crippen LogP) is 8.72. The molecule has 7 aromatic rings. The molecule has 1 aliphatic rings. The zero-order valence-electron chi connectivity index (χ0n) is 23.5. The number of rotatable bonds is 0. The van der Waals surface area contributed by atoms with Crippen LogP contribution in [0.1, 0.15) is 54.1 Å². The Morgan fingerprint density at radius 3 is 1.09 bits per heavy atom. The van der Waals surface area contributed by atoms with Gasteiger partial charge >= 0.3 is 0 Å². The van der Waals surface area contributed by atoms with Gasteiger partial charge in [-0.3, -0.25) is 9.59 Å². The van der Waals surface area contributed by atoms with Crippen LogP contribution in [0.4, 0.5) is 0 Å². The minimum Gasteiger partial charge on any atom is -0.289 e. The van der Waals surface area contributed by atoms with Gasteiger partial charge in [-0.2, -0.15) is 0 Å². The number of hydrogen-bond donors (Lipinski definition) is 0. The van der Waals surface area contributed by atoms with Gasteiger partial charge in [0, 0.05) is 44.2 Å². The van der Waals surface area contributed by atoms with Crippen LogP contribution in [0.5, 0.6) is 0 Å². The summed E-state index contributed by atoms with van der Waals surface area (Å²) in [7, 11) is 0. The fourth-order valence-corrected chi connectivity index (χ4v) is 6.08. The molecule has 7 aromatic carbocycles. The number of ketones is 2. The maximum absolute atomic E-state index is 14.6. The summed E-state index contributed by atoms with van der Waals surface area (Å²) in [6, 6.07) is 43.1. The Morgan fingerprint density at radius 2 is 0.705 bits per heavy atom. The lowest BCUT2D eigenvalue weighted by Gasteiger charge is -2.23. The van der Waals surface area contributed by atoms with Gasteiger partial charge in [-0.05, 0) is 70.1 Å². The monoisotopic (exact) mass is 558 g/mol. The summed E-state index contributed by atoms with van der Waals surface area (Å²) in [6.07, 6.45) is 0. The van der Waals surface area contributed by atoms with Crippen LogP contribution in [-0.2, 0) is 0 Å². The van der Waals surface area contributed by atoms with Crippen LogP contribution in [0.2, 0.25) is 0 Å². The molecule has 0 amide bonds. The van der Waals surface area contributed by atoms with Crippen molar-refractivity contribution in [3.05, 3.63) is 178 Å². The Balaban J connectivity index is 1.52. The first-order valence-corrected chi connectivity index (χ1v) is 14.4. The van der Waals surface area contributed by atoms with Crippen LogP contribution in [0.3, 0.4) is 0 Å².